The fraction of sp³-hybridized carbons (Fsp3) is 0.643. The Morgan fingerprint density at radius 2 is 2.05 bits per heavy atom. The molecule has 1 aromatic rings. The highest BCUT2D eigenvalue weighted by Gasteiger charge is 2.18. The summed E-state index contributed by atoms with van der Waals surface area (Å²) in [6.45, 7) is 10.6. The van der Waals surface area contributed by atoms with Crippen molar-refractivity contribution in [3.63, 3.8) is 0 Å². The monoisotopic (exact) mass is 266 g/mol. The number of hydrogen-bond acceptors (Lipinski definition) is 4. The van der Waals surface area contributed by atoms with E-state index >= 15 is 0 Å². The second-order valence-corrected chi connectivity index (χ2v) is 6.06. The van der Waals surface area contributed by atoms with Crippen molar-refractivity contribution in [2.45, 2.75) is 47.0 Å². The van der Waals surface area contributed by atoms with Crippen LogP contribution in [0.5, 0.6) is 5.75 Å². The van der Waals surface area contributed by atoms with Crippen molar-refractivity contribution in [3.05, 3.63) is 17.7 Å². The van der Waals surface area contributed by atoms with Crippen LogP contribution in [-0.2, 0) is 0 Å². The van der Waals surface area contributed by atoms with Crippen LogP contribution < -0.4 is 4.74 Å². The molecule has 0 aliphatic heterocycles. The minimum atomic E-state index is -1.09. The summed E-state index contributed by atoms with van der Waals surface area (Å²) in [5, 5.41) is 9.16. The predicted octanol–water partition coefficient (Wildman–Crippen LogP) is 3.11. The zero-order valence-corrected chi connectivity index (χ0v) is 12.2. The first-order chi connectivity index (χ1) is 8.70. The molecule has 1 rings (SSSR count). The van der Waals surface area contributed by atoms with Crippen LogP contribution >= 0.6 is 0 Å². The van der Waals surface area contributed by atoms with Gasteiger partial charge >= 0.3 is 5.97 Å². The number of hydrogen-bond donors (Lipinski definition) is 1. The van der Waals surface area contributed by atoms with Crippen molar-refractivity contribution in [3.8, 4) is 5.75 Å². The van der Waals surface area contributed by atoms with E-state index in [9.17, 15) is 4.79 Å². The van der Waals surface area contributed by atoms with Crippen LogP contribution in [0.3, 0.4) is 0 Å². The molecule has 1 N–H and O–H groups in total. The summed E-state index contributed by atoms with van der Waals surface area (Å²) in [6.07, 6.45) is 2.28. The molecule has 19 heavy (non-hydrogen) atoms. The van der Waals surface area contributed by atoms with Crippen molar-refractivity contribution < 1.29 is 14.6 Å². The van der Waals surface area contributed by atoms with E-state index in [4.69, 9.17) is 9.84 Å². The molecule has 5 nitrogen and oxygen atoms in total. The average Bonchev–Trinajstić information content (AvgIpc) is 2.27. The summed E-state index contributed by atoms with van der Waals surface area (Å²) >= 11 is 0. The van der Waals surface area contributed by atoms with E-state index in [2.05, 4.69) is 30.7 Å². The normalized spacial score (nSPS) is 11.7. The van der Waals surface area contributed by atoms with Gasteiger partial charge in [0.25, 0.3) is 0 Å². The number of carboxylic acid groups (broad SMARTS) is 1. The Bertz CT molecular complexity index is 450. The highest BCUT2D eigenvalue weighted by molar-refractivity contribution is 5.88. The third-order valence-corrected chi connectivity index (χ3v) is 2.60. The lowest BCUT2D eigenvalue weighted by Gasteiger charge is -2.18. The Morgan fingerprint density at radius 3 is 2.53 bits per heavy atom. The first kappa shape index (κ1) is 15.4. The topological polar surface area (TPSA) is 72.3 Å². The Labute approximate surface area is 114 Å². The van der Waals surface area contributed by atoms with Gasteiger partial charge in [-0.2, -0.15) is 0 Å². The van der Waals surface area contributed by atoms with Gasteiger partial charge in [0, 0.05) is 5.92 Å². The molecule has 0 bridgehead atoms. The van der Waals surface area contributed by atoms with E-state index in [1.165, 1.54) is 6.20 Å². The Kier molecular flexibility index (Phi) is 4.86. The Balaban J connectivity index is 2.86. The van der Waals surface area contributed by atoms with Gasteiger partial charge in [-0.3, -0.25) is 0 Å². The van der Waals surface area contributed by atoms with Gasteiger partial charge in [0.2, 0.25) is 0 Å². The number of aromatic carboxylic acids is 1. The van der Waals surface area contributed by atoms with Crippen LogP contribution in [0.4, 0.5) is 0 Å². The van der Waals surface area contributed by atoms with Crippen LogP contribution in [0, 0.1) is 5.41 Å². The number of carboxylic acids is 1. The van der Waals surface area contributed by atoms with Gasteiger partial charge in [-0.05, 0) is 11.8 Å². The van der Waals surface area contributed by atoms with Crippen LogP contribution in [0.2, 0.25) is 0 Å². The summed E-state index contributed by atoms with van der Waals surface area (Å²) < 4.78 is 5.50. The molecule has 0 aliphatic rings. The first-order valence-corrected chi connectivity index (χ1v) is 6.44. The fourth-order valence-electron chi connectivity index (χ4n) is 1.39. The van der Waals surface area contributed by atoms with E-state index in [-0.39, 0.29) is 22.8 Å². The van der Waals surface area contributed by atoms with E-state index in [1.807, 2.05) is 13.8 Å². The highest BCUT2D eigenvalue weighted by Crippen LogP contribution is 2.22. The van der Waals surface area contributed by atoms with Crippen molar-refractivity contribution in [2.24, 2.45) is 5.41 Å². The van der Waals surface area contributed by atoms with Gasteiger partial charge in [-0.15, -0.1) is 0 Å². The van der Waals surface area contributed by atoms with Gasteiger partial charge in [0.1, 0.15) is 5.82 Å². The van der Waals surface area contributed by atoms with Crippen molar-refractivity contribution in [1.29, 1.82) is 0 Å². The van der Waals surface area contributed by atoms with Crippen LogP contribution in [0.1, 0.15) is 63.3 Å². The molecule has 0 saturated carbocycles. The van der Waals surface area contributed by atoms with Crippen molar-refractivity contribution in [2.75, 3.05) is 6.61 Å². The lowest BCUT2D eigenvalue weighted by atomic mass is 9.93. The molecule has 0 amide bonds. The lowest BCUT2D eigenvalue weighted by molar-refractivity contribution is 0.0684. The Hall–Kier alpha value is -1.65. The number of rotatable bonds is 5. The second kappa shape index (κ2) is 5.99. The van der Waals surface area contributed by atoms with E-state index in [0.29, 0.717) is 12.4 Å². The molecule has 0 radical (unpaired) electrons. The molecule has 106 valence electrons. The molecule has 0 spiro atoms. The minimum absolute atomic E-state index is 0.0624. The van der Waals surface area contributed by atoms with Crippen LogP contribution in [0.15, 0.2) is 6.20 Å². The summed E-state index contributed by atoms with van der Waals surface area (Å²) in [7, 11) is 0. The van der Waals surface area contributed by atoms with Crippen molar-refractivity contribution in [1.82, 2.24) is 9.97 Å². The Morgan fingerprint density at radius 1 is 1.42 bits per heavy atom. The van der Waals surface area contributed by atoms with E-state index in [0.717, 1.165) is 6.42 Å². The quantitative estimate of drug-likeness (QED) is 0.886. The molecule has 0 fully saturated rings. The average molecular weight is 266 g/mol. The fourth-order valence-corrected chi connectivity index (χ4v) is 1.39. The van der Waals surface area contributed by atoms with E-state index in [1.54, 1.807) is 0 Å². The third-order valence-electron chi connectivity index (χ3n) is 2.60. The summed E-state index contributed by atoms with van der Waals surface area (Å²) in [5.74, 6) is -0.251. The van der Waals surface area contributed by atoms with Crippen LogP contribution in [0.25, 0.3) is 0 Å². The zero-order valence-electron chi connectivity index (χ0n) is 12.2. The van der Waals surface area contributed by atoms with Gasteiger partial charge in [-0.1, -0.05) is 34.6 Å². The van der Waals surface area contributed by atoms with Crippen molar-refractivity contribution >= 4 is 5.97 Å². The zero-order chi connectivity index (χ0) is 14.6. The maximum atomic E-state index is 11.2. The highest BCUT2D eigenvalue weighted by atomic mass is 16.5. The molecule has 0 unspecified atom stereocenters. The number of ether oxygens (including phenoxy) is 1. The van der Waals surface area contributed by atoms with Gasteiger partial charge in [0.05, 0.1) is 12.8 Å². The van der Waals surface area contributed by atoms with Gasteiger partial charge in [-0.25, -0.2) is 14.8 Å². The first-order valence-electron chi connectivity index (χ1n) is 6.44. The number of aromatic nitrogens is 2. The molecular formula is C14H22N2O3. The summed E-state index contributed by atoms with van der Waals surface area (Å²) in [5.41, 5.74) is 0.0786. The van der Waals surface area contributed by atoms with Gasteiger partial charge < -0.3 is 9.84 Å². The number of nitrogens with zero attached hydrogens (tertiary/aromatic N) is 2. The van der Waals surface area contributed by atoms with Crippen LogP contribution in [-0.4, -0.2) is 27.7 Å². The molecule has 0 saturated heterocycles. The SMILES string of the molecule is CC(C)c1ncc(OCCC(C)(C)C)c(C(=O)O)n1. The predicted molar refractivity (Wildman–Crippen MR) is 72.6 cm³/mol. The molecule has 1 aromatic heterocycles. The smallest absolute Gasteiger partial charge is 0.358 e. The molecule has 0 atom stereocenters. The van der Waals surface area contributed by atoms with Gasteiger partial charge in [0.15, 0.2) is 11.4 Å². The summed E-state index contributed by atoms with van der Waals surface area (Å²) in [4.78, 5) is 19.4. The second-order valence-electron chi connectivity index (χ2n) is 6.06. The maximum absolute atomic E-state index is 11.2. The maximum Gasteiger partial charge on any atom is 0.358 e. The minimum Gasteiger partial charge on any atom is -0.489 e. The number of carbonyl (C=O) groups is 1. The lowest BCUT2D eigenvalue weighted by Crippen LogP contribution is -2.14. The standard InChI is InChI=1S/C14H22N2O3/c1-9(2)12-15-8-10(11(16-12)13(17)18)19-7-6-14(3,4)5/h8-9H,6-7H2,1-5H3,(H,17,18). The third kappa shape index (κ3) is 4.85. The molecule has 0 aliphatic carbocycles. The molecule has 0 aromatic carbocycles. The molecule has 1 heterocycles. The van der Waals surface area contributed by atoms with E-state index < -0.39 is 5.97 Å². The largest absolute Gasteiger partial charge is 0.489 e. The molecule has 5 heteroatoms. The summed E-state index contributed by atoms with van der Waals surface area (Å²) in [6, 6.07) is 0. The molecular weight excluding hydrogens is 244 g/mol.